The summed E-state index contributed by atoms with van der Waals surface area (Å²) in [6.45, 7) is 8.81. The molecular weight excluding hydrogens is 379 g/mol. The van der Waals surface area contributed by atoms with Crippen molar-refractivity contribution >= 4 is 29.9 Å². The molecule has 0 aromatic rings. The van der Waals surface area contributed by atoms with Gasteiger partial charge in [0.1, 0.15) is 0 Å². The molecule has 1 rings (SSSR count). The Bertz CT molecular complexity index is 291. The molecule has 5 nitrogen and oxygen atoms in total. The van der Waals surface area contributed by atoms with E-state index in [9.17, 15) is 0 Å². The number of nitrogens with two attached hydrogens (primary N) is 1. The minimum Gasteiger partial charge on any atom is -0.377 e. The van der Waals surface area contributed by atoms with Crippen molar-refractivity contribution in [2.24, 2.45) is 16.6 Å². The topological polar surface area (TPSA) is 54.1 Å². The normalized spacial score (nSPS) is 18.7. The fourth-order valence-corrected chi connectivity index (χ4v) is 2.40. The summed E-state index contributed by atoms with van der Waals surface area (Å²) in [7, 11) is 4.16. The van der Waals surface area contributed by atoms with Crippen LogP contribution in [0.3, 0.4) is 0 Å². The van der Waals surface area contributed by atoms with Crippen LogP contribution in [0.4, 0.5) is 0 Å². The Morgan fingerprint density at radius 1 is 1.38 bits per heavy atom. The van der Waals surface area contributed by atoms with E-state index in [1.54, 1.807) is 0 Å². The van der Waals surface area contributed by atoms with Crippen molar-refractivity contribution in [1.29, 1.82) is 0 Å². The van der Waals surface area contributed by atoms with Gasteiger partial charge in [0.15, 0.2) is 5.96 Å². The Kier molecular flexibility index (Phi) is 11.4. The zero-order valence-electron chi connectivity index (χ0n) is 14.0. The molecule has 6 heteroatoms. The number of guanidine groups is 1. The second kappa shape index (κ2) is 11.5. The van der Waals surface area contributed by atoms with Crippen LogP contribution in [0.1, 0.15) is 33.1 Å². The Hall–Kier alpha value is -0.0800. The van der Waals surface area contributed by atoms with Crippen LogP contribution in [-0.2, 0) is 4.74 Å². The lowest BCUT2D eigenvalue weighted by Gasteiger charge is -2.31. The third-order valence-electron chi connectivity index (χ3n) is 3.87. The summed E-state index contributed by atoms with van der Waals surface area (Å²) in [5.41, 5.74) is 6.10. The molecular formula is C15H33IN4O. The summed E-state index contributed by atoms with van der Waals surface area (Å²) >= 11 is 0. The predicted octanol–water partition coefficient (Wildman–Crippen LogP) is 2.01. The number of aliphatic imine (C=N–C) groups is 1. The minimum atomic E-state index is 0. The van der Waals surface area contributed by atoms with Crippen LogP contribution in [0.15, 0.2) is 4.99 Å². The number of likely N-dealkylation sites (tertiary alicyclic amines) is 1. The zero-order chi connectivity index (χ0) is 15.0. The Morgan fingerprint density at radius 2 is 2.00 bits per heavy atom. The van der Waals surface area contributed by atoms with Gasteiger partial charge in [0.25, 0.3) is 0 Å². The molecule has 21 heavy (non-hydrogen) atoms. The third-order valence-corrected chi connectivity index (χ3v) is 3.87. The number of nitrogens with zero attached hydrogens (tertiary/aromatic N) is 3. The number of hydrogen-bond acceptors (Lipinski definition) is 3. The first-order valence-corrected chi connectivity index (χ1v) is 7.84. The molecule has 1 fully saturated rings. The maximum absolute atomic E-state index is 6.10. The van der Waals surface area contributed by atoms with Gasteiger partial charge in [0.05, 0.1) is 12.6 Å². The summed E-state index contributed by atoms with van der Waals surface area (Å²) < 4.78 is 5.74. The van der Waals surface area contributed by atoms with Crippen molar-refractivity contribution < 1.29 is 4.74 Å². The van der Waals surface area contributed by atoms with E-state index in [0.717, 1.165) is 38.6 Å². The molecule has 1 unspecified atom stereocenters. The fraction of sp³-hybridized carbons (Fsp3) is 0.933. The molecule has 1 heterocycles. The fourth-order valence-electron chi connectivity index (χ4n) is 2.40. The van der Waals surface area contributed by atoms with E-state index >= 15 is 0 Å². The van der Waals surface area contributed by atoms with E-state index in [1.165, 1.54) is 12.8 Å². The molecule has 0 saturated carbocycles. The smallest absolute Gasteiger partial charge is 0.191 e. The van der Waals surface area contributed by atoms with Gasteiger partial charge in [0.2, 0.25) is 0 Å². The van der Waals surface area contributed by atoms with Crippen LogP contribution < -0.4 is 5.73 Å². The first kappa shape index (κ1) is 20.9. The molecule has 1 saturated heterocycles. The van der Waals surface area contributed by atoms with Gasteiger partial charge in [-0.2, -0.15) is 0 Å². The highest BCUT2D eigenvalue weighted by molar-refractivity contribution is 14.0. The summed E-state index contributed by atoms with van der Waals surface area (Å²) in [6, 6.07) is 0. The summed E-state index contributed by atoms with van der Waals surface area (Å²) in [4.78, 5) is 8.92. The van der Waals surface area contributed by atoms with E-state index in [1.807, 2.05) is 6.92 Å². The standard InChI is InChI=1S/C15H32N4O.HI/c1-5-20-14(8-9-18(3)4)12-17-15(16)19-10-6-13(2)7-11-19;/h13-14H,5-12H2,1-4H3,(H2,16,17);1H. The maximum atomic E-state index is 6.10. The van der Waals surface area contributed by atoms with Gasteiger partial charge in [-0.15, -0.1) is 24.0 Å². The molecule has 1 atom stereocenters. The van der Waals surface area contributed by atoms with E-state index < -0.39 is 0 Å². The number of piperidine rings is 1. The SMILES string of the molecule is CCOC(CCN(C)C)CN=C(N)N1CCC(C)CC1.I. The highest BCUT2D eigenvalue weighted by atomic mass is 127. The van der Waals surface area contributed by atoms with Crippen molar-refractivity contribution in [2.75, 3.05) is 46.9 Å². The van der Waals surface area contributed by atoms with Gasteiger partial charge in [-0.05, 0) is 46.2 Å². The molecule has 0 radical (unpaired) electrons. The maximum Gasteiger partial charge on any atom is 0.191 e. The monoisotopic (exact) mass is 412 g/mol. The Labute approximate surface area is 147 Å². The summed E-state index contributed by atoms with van der Waals surface area (Å²) in [6.07, 6.45) is 3.59. The Balaban J connectivity index is 0.00000400. The molecule has 0 aromatic heterocycles. The van der Waals surface area contributed by atoms with Crippen LogP contribution in [0.5, 0.6) is 0 Å². The first-order valence-electron chi connectivity index (χ1n) is 7.84. The van der Waals surface area contributed by atoms with Gasteiger partial charge in [0, 0.05) is 26.2 Å². The molecule has 126 valence electrons. The number of ether oxygens (including phenoxy) is 1. The molecule has 1 aliphatic rings. The second-order valence-electron chi connectivity index (χ2n) is 6.04. The van der Waals surface area contributed by atoms with Gasteiger partial charge in [-0.25, -0.2) is 0 Å². The number of hydrogen-bond donors (Lipinski definition) is 1. The lowest BCUT2D eigenvalue weighted by Crippen LogP contribution is -2.43. The van der Waals surface area contributed by atoms with Gasteiger partial charge in [-0.3, -0.25) is 4.99 Å². The molecule has 0 aromatic carbocycles. The van der Waals surface area contributed by atoms with Gasteiger partial charge in [-0.1, -0.05) is 6.92 Å². The van der Waals surface area contributed by atoms with E-state index in [4.69, 9.17) is 10.5 Å². The van der Waals surface area contributed by atoms with Crippen molar-refractivity contribution in [3.05, 3.63) is 0 Å². The van der Waals surface area contributed by atoms with Crippen LogP contribution >= 0.6 is 24.0 Å². The van der Waals surface area contributed by atoms with Gasteiger partial charge >= 0.3 is 0 Å². The van der Waals surface area contributed by atoms with E-state index in [-0.39, 0.29) is 30.1 Å². The average Bonchev–Trinajstić information content (AvgIpc) is 2.42. The zero-order valence-corrected chi connectivity index (χ0v) is 16.4. The van der Waals surface area contributed by atoms with Crippen LogP contribution in [0.25, 0.3) is 0 Å². The molecule has 0 spiro atoms. The van der Waals surface area contributed by atoms with Crippen LogP contribution in [0, 0.1) is 5.92 Å². The molecule has 0 amide bonds. The molecule has 1 aliphatic heterocycles. The number of rotatable bonds is 7. The largest absolute Gasteiger partial charge is 0.377 e. The summed E-state index contributed by atoms with van der Waals surface area (Å²) in [5, 5.41) is 0. The quantitative estimate of drug-likeness (QED) is 0.395. The molecule has 2 N–H and O–H groups in total. The van der Waals surface area contributed by atoms with Gasteiger partial charge < -0.3 is 20.3 Å². The second-order valence-corrected chi connectivity index (χ2v) is 6.04. The van der Waals surface area contributed by atoms with Crippen LogP contribution in [-0.4, -0.2) is 68.7 Å². The highest BCUT2D eigenvalue weighted by Gasteiger charge is 2.17. The van der Waals surface area contributed by atoms with Crippen molar-refractivity contribution in [1.82, 2.24) is 9.80 Å². The van der Waals surface area contributed by atoms with Crippen molar-refractivity contribution in [2.45, 2.75) is 39.2 Å². The van der Waals surface area contributed by atoms with Crippen molar-refractivity contribution in [3.63, 3.8) is 0 Å². The Morgan fingerprint density at radius 3 is 2.52 bits per heavy atom. The molecule has 0 aliphatic carbocycles. The third kappa shape index (κ3) is 8.83. The van der Waals surface area contributed by atoms with Crippen LogP contribution in [0.2, 0.25) is 0 Å². The highest BCUT2D eigenvalue weighted by Crippen LogP contribution is 2.15. The predicted molar refractivity (Wildman–Crippen MR) is 100 cm³/mol. The first-order chi connectivity index (χ1) is 9.52. The van der Waals surface area contributed by atoms with E-state index in [0.29, 0.717) is 12.5 Å². The lowest BCUT2D eigenvalue weighted by molar-refractivity contribution is 0.0580. The average molecular weight is 412 g/mol. The molecule has 0 bridgehead atoms. The number of halogens is 1. The lowest BCUT2D eigenvalue weighted by atomic mass is 10.00. The minimum absolute atomic E-state index is 0. The van der Waals surface area contributed by atoms with Crippen molar-refractivity contribution in [3.8, 4) is 0 Å². The summed E-state index contributed by atoms with van der Waals surface area (Å²) in [5.74, 6) is 1.50. The van der Waals surface area contributed by atoms with E-state index in [2.05, 4.69) is 35.8 Å².